The van der Waals surface area contributed by atoms with Crippen molar-refractivity contribution in [2.45, 2.75) is 6.61 Å². The van der Waals surface area contributed by atoms with Crippen LogP contribution in [0.1, 0.15) is 11.1 Å². The van der Waals surface area contributed by atoms with Gasteiger partial charge in [-0.2, -0.15) is 5.26 Å². The molecule has 2 nitrogen and oxygen atoms in total. The number of ether oxygens (including phenoxy) is 1. The Morgan fingerprint density at radius 2 is 1.86 bits per heavy atom. The molecule has 5 heteroatoms. The lowest BCUT2D eigenvalue weighted by atomic mass is 10.2. The molecule has 2 aromatic rings. The van der Waals surface area contributed by atoms with Gasteiger partial charge >= 0.3 is 0 Å². The standard InChI is InChI=1S/C16H10Cl3NO/c17-13-5-4-12(14(18)9-13)10-21-16-6-3-11(2-1-7-20)8-15(16)19/h1-6,8-9H,10H2/b2-1+. The zero-order chi connectivity index (χ0) is 15.2. The van der Waals surface area contributed by atoms with Gasteiger partial charge in [0.25, 0.3) is 0 Å². The second-order valence-corrected chi connectivity index (χ2v) is 5.43. The van der Waals surface area contributed by atoms with Crippen LogP contribution in [0.5, 0.6) is 5.75 Å². The van der Waals surface area contributed by atoms with E-state index in [4.69, 9.17) is 44.8 Å². The number of rotatable bonds is 4. The molecule has 0 aliphatic carbocycles. The number of hydrogen-bond acceptors (Lipinski definition) is 2. The van der Waals surface area contributed by atoms with Gasteiger partial charge in [0.15, 0.2) is 0 Å². The lowest BCUT2D eigenvalue weighted by Gasteiger charge is -2.10. The van der Waals surface area contributed by atoms with Gasteiger partial charge in [-0.05, 0) is 35.9 Å². The van der Waals surface area contributed by atoms with Crippen molar-refractivity contribution in [1.82, 2.24) is 0 Å². The van der Waals surface area contributed by atoms with Crippen molar-refractivity contribution in [2.75, 3.05) is 0 Å². The fourth-order valence-corrected chi connectivity index (χ4v) is 2.37. The molecule has 2 rings (SSSR count). The highest BCUT2D eigenvalue weighted by Gasteiger charge is 2.05. The zero-order valence-corrected chi connectivity index (χ0v) is 13.1. The first-order valence-electron chi connectivity index (χ1n) is 6.02. The van der Waals surface area contributed by atoms with Crippen molar-refractivity contribution in [3.63, 3.8) is 0 Å². The normalized spacial score (nSPS) is 10.6. The summed E-state index contributed by atoms with van der Waals surface area (Å²) in [5.41, 5.74) is 1.66. The van der Waals surface area contributed by atoms with E-state index in [0.717, 1.165) is 11.1 Å². The molecule has 0 bridgehead atoms. The highest BCUT2D eigenvalue weighted by molar-refractivity contribution is 6.35. The molecule has 2 aromatic carbocycles. The lowest BCUT2D eigenvalue weighted by molar-refractivity contribution is 0.306. The first-order chi connectivity index (χ1) is 10.1. The highest BCUT2D eigenvalue weighted by atomic mass is 35.5. The van der Waals surface area contributed by atoms with E-state index >= 15 is 0 Å². The molecule has 0 fully saturated rings. The predicted octanol–water partition coefficient (Wildman–Crippen LogP) is 5.76. The van der Waals surface area contributed by atoms with E-state index in [1.807, 2.05) is 18.2 Å². The van der Waals surface area contributed by atoms with Gasteiger partial charge in [-0.3, -0.25) is 0 Å². The predicted molar refractivity (Wildman–Crippen MR) is 86.9 cm³/mol. The minimum absolute atomic E-state index is 0.295. The molecule has 0 aromatic heterocycles. The van der Waals surface area contributed by atoms with Gasteiger partial charge in [-0.1, -0.05) is 46.9 Å². The van der Waals surface area contributed by atoms with Crippen molar-refractivity contribution in [1.29, 1.82) is 5.26 Å². The SMILES string of the molecule is N#C/C=C/c1ccc(OCc2ccc(Cl)cc2Cl)c(Cl)c1. The maximum absolute atomic E-state index is 8.49. The first-order valence-corrected chi connectivity index (χ1v) is 7.16. The third-order valence-electron chi connectivity index (χ3n) is 2.70. The first kappa shape index (κ1) is 15.7. The fourth-order valence-electron chi connectivity index (χ4n) is 1.67. The van der Waals surface area contributed by atoms with Crippen LogP contribution < -0.4 is 4.74 Å². The van der Waals surface area contributed by atoms with Crippen molar-refractivity contribution in [3.05, 3.63) is 68.7 Å². The van der Waals surface area contributed by atoms with E-state index in [9.17, 15) is 0 Å². The molecule has 0 unspecified atom stereocenters. The number of allylic oxidation sites excluding steroid dienone is 1. The number of hydrogen-bond donors (Lipinski definition) is 0. The summed E-state index contributed by atoms with van der Waals surface area (Å²) in [5.74, 6) is 0.553. The van der Waals surface area contributed by atoms with Gasteiger partial charge in [0.1, 0.15) is 12.4 Å². The van der Waals surface area contributed by atoms with Crippen LogP contribution in [0.3, 0.4) is 0 Å². The summed E-state index contributed by atoms with van der Waals surface area (Å²) in [4.78, 5) is 0. The average molecular weight is 339 g/mol. The smallest absolute Gasteiger partial charge is 0.138 e. The maximum atomic E-state index is 8.49. The van der Waals surface area contributed by atoms with Gasteiger partial charge in [0, 0.05) is 21.7 Å². The van der Waals surface area contributed by atoms with Crippen molar-refractivity contribution < 1.29 is 4.74 Å². The maximum Gasteiger partial charge on any atom is 0.138 e. The third-order valence-corrected chi connectivity index (χ3v) is 3.59. The van der Waals surface area contributed by atoms with Crippen LogP contribution in [0.15, 0.2) is 42.5 Å². The quantitative estimate of drug-likeness (QED) is 0.664. The third kappa shape index (κ3) is 4.41. The molecule has 0 spiro atoms. The van der Waals surface area contributed by atoms with E-state index in [2.05, 4.69) is 0 Å². The van der Waals surface area contributed by atoms with Crippen LogP contribution in [0.25, 0.3) is 6.08 Å². The Labute approximate surface area is 138 Å². The largest absolute Gasteiger partial charge is 0.487 e. The molecule has 0 aliphatic rings. The minimum atomic E-state index is 0.295. The summed E-state index contributed by atoms with van der Waals surface area (Å²) in [6.07, 6.45) is 3.06. The molecular weight excluding hydrogens is 329 g/mol. The van der Waals surface area contributed by atoms with Gasteiger partial charge in [0.2, 0.25) is 0 Å². The number of nitriles is 1. The van der Waals surface area contributed by atoms with Gasteiger partial charge in [-0.25, -0.2) is 0 Å². The van der Waals surface area contributed by atoms with Gasteiger partial charge in [0.05, 0.1) is 11.1 Å². The van der Waals surface area contributed by atoms with Crippen LogP contribution in [0, 0.1) is 11.3 Å². The summed E-state index contributed by atoms with van der Waals surface area (Å²) in [6.45, 7) is 0.295. The minimum Gasteiger partial charge on any atom is -0.487 e. The summed E-state index contributed by atoms with van der Waals surface area (Å²) in [6, 6.07) is 12.5. The van der Waals surface area contributed by atoms with E-state index in [-0.39, 0.29) is 0 Å². The van der Waals surface area contributed by atoms with Crippen LogP contribution in [-0.2, 0) is 6.61 Å². The van der Waals surface area contributed by atoms with Crippen molar-refractivity contribution >= 4 is 40.9 Å². The second-order valence-electron chi connectivity index (χ2n) is 4.18. The Balaban J connectivity index is 2.10. The average Bonchev–Trinajstić information content (AvgIpc) is 2.45. The number of benzene rings is 2. The Bertz CT molecular complexity index is 720. The summed E-state index contributed by atoms with van der Waals surface area (Å²) < 4.78 is 5.65. The van der Waals surface area contributed by atoms with E-state index in [0.29, 0.717) is 27.4 Å². The van der Waals surface area contributed by atoms with E-state index < -0.39 is 0 Å². The molecule has 21 heavy (non-hydrogen) atoms. The lowest BCUT2D eigenvalue weighted by Crippen LogP contribution is -1.97. The topological polar surface area (TPSA) is 33.0 Å². The Morgan fingerprint density at radius 1 is 1.05 bits per heavy atom. The number of halogens is 3. The van der Waals surface area contributed by atoms with Crippen LogP contribution in [-0.4, -0.2) is 0 Å². The Kier molecular flexibility index (Phi) is 5.52. The van der Waals surface area contributed by atoms with Crippen LogP contribution >= 0.6 is 34.8 Å². The summed E-state index contributed by atoms with van der Waals surface area (Å²) in [5, 5.41) is 10.1. The monoisotopic (exact) mass is 337 g/mol. The molecule has 0 aliphatic heterocycles. The molecule has 0 radical (unpaired) electrons. The molecular formula is C16H10Cl3NO. The second kappa shape index (κ2) is 7.38. The van der Waals surface area contributed by atoms with Gasteiger partial charge in [-0.15, -0.1) is 0 Å². The Morgan fingerprint density at radius 3 is 2.52 bits per heavy atom. The van der Waals surface area contributed by atoms with E-state index in [1.54, 1.807) is 30.3 Å². The Hall–Kier alpha value is -1.66. The fraction of sp³-hybridized carbons (Fsp3) is 0.0625. The molecule has 106 valence electrons. The van der Waals surface area contributed by atoms with Crippen LogP contribution in [0.2, 0.25) is 15.1 Å². The van der Waals surface area contributed by atoms with E-state index in [1.165, 1.54) is 6.08 Å². The highest BCUT2D eigenvalue weighted by Crippen LogP contribution is 2.28. The van der Waals surface area contributed by atoms with Crippen molar-refractivity contribution in [2.24, 2.45) is 0 Å². The summed E-state index contributed by atoms with van der Waals surface area (Å²) in [7, 11) is 0. The van der Waals surface area contributed by atoms with Crippen LogP contribution in [0.4, 0.5) is 0 Å². The molecule has 0 saturated heterocycles. The van der Waals surface area contributed by atoms with Crippen molar-refractivity contribution in [3.8, 4) is 11.8 Å². The zero-order valence-electron chi connectivity index (χ0n) is 10.8. The molecule has 0 atom stereocenters. The molecule has 0 heterocycles. The molecule has 0 amide bonds. The molecule has 0 saturated carbocycles. The van der Waals surface area contributed by atoms with Gasteiger partial charge < -0.3 is 4.74 Å². The number of nitrogens with zero attached hydrogens (tertiary/aromatic N) is 1. The molecule has 0 N–H and O–H groups in total. The summed E-state index contributed by atoms with van der Waals surface area (Å²) >= 11 is 18.1.